The maximum Gasteiger partial charge on any atom is 0.401 e. The van der Waals surface area contributed by atoms with Gasteiger partial charge in [-0.05, 0) is 31.9 Å². The van der Waals surface area contributed by atoms with Crippen LogP contribution in [-0.2, 0) is 0 Å². The molecule has 0 heterocycles. The van der Waals surface area contributed by atoms with Gasteiger partial charge in [0, 0.05) is 0 Å². The fraction of sp³-hybridized carbons (Fsp3) is 0.462. The predicted octanol–water partition coefficient (Wildman–Crippen LogP) is 3.11. The average Bonchev–Trinajstić information content (AvgIpc) is 2.18. The van der Waals surface area contributed by atoms with Crippen LogP contribution in [-0.4, -0.2) is 18.6 Å². The summed E-state index contributed by atoms with van der Waals surface area (Å²) >= 11 is 0. The van der Waals surface area contributed by atoms with Crippen molar-refractivity contribution in [2.24, 2.45) is 11.7 Å². The van der Waals surface area contributed by atoms with Crippen molar-refractivity contribution >= 4 is 5.84 Å². The van der Waals surface area contributed by atoms with Gasteiger partial charge in [-0.15, -0.1) is 0 Å². The van der Waals surface area contributed by atoms with E-state index < -0.39 is 24.5 Å². The van der Waals surface area contributed by atoms with E-state index >= 15 is 0 Å². The Bertz CT molecular complexity index is 460. The molecule has 0 aliphatic heterocycles. The normalized spacial score (nSPS) is 13.2. The second kappa shape index (κ2) is 5.50. The summed E-state index contributed by atoms with van der Waals surface area (Å²) in [5.41, 5.74) is 7.52. The number of nitrogens with two attached hydrogens (primary N) is 1. The third-order valence-corrected chi connectivity index (χ3v) is 2.77. The minimum atomic E-state index is -4.57. The molecule has 0 saturated heterocycles. The minimum Gasteiger partial charge on any atom is -0.492 e. The van der Waals surface area contributed by atoms with Gasteiger partial charge in [-0.3, -0.25) is 5.41 Å². The molecule has 0 bridgehead atoms. The highest BCUT2D eigenvalue weighted by Crippen LogP contribution is 2.29. The standard InChI is InChI=1S/C13H17F3N2O/c1-7-4-8(2)11(9(3)5-7)19-6-10(12(17)18)13(14,15)16/h4-5,10H,6H2,1-3H3,(H3,17,18). The fourth-order valence-corrected chi connectivity index (χ4v) is 1.92. The molecule has 0 aromatic heterocycles. The van der Waals surface area contributed by atoms with Crippen LogP contribution in [0, 0.1) is 32.1 Å². The number of halogens is 3. The zero-order chi connectivity index (χ0) is 14.8. The average molecular weight is 274 g/mol. The lowest BCUT2D eigenvalue weighted by molar-refractivity contribution is -0.162. The van der Waals surface area contributed by atoms with E-state index in [-0.39, 0.29) is 0 Å². The lowest BCUT2D eigenvalue weighted by Crippen LogP contribution is -2.39. The van der Waals surface area contributed by atoms with Gasteiger partial charge in [0.1, 0.15) is 24.1 Å². The number of rotatable bonds is 4. The van der Waals surface area contributed by atoms with Gasteiger partial charge in [-0.25, -0.2) is 0 Å². The maximum atomic E-state index is 12.6. The molecule has 0 fully saturated rings. The summed E-state index contributed by atoms with van der Waals surface area (Å²) in [4.78, 5) is 0. The highest BCUT2D eigenvalue weighted by molar-refractivity contribution is 5.80. The lowest BCUT2D eigenvalue weighted by atomic mass is 10.1. The Balaban J connectivity index is 2.90. The summed E-state index contributed by atoms with van der Waals surface area (Å²) in [6, 6.07) is 3.66. The zero-order valence-corrected chi connectivity index (χ0v) is 11.1. The third kappa shape index (κ3) is 3.87. The summed E-state index contributed by atoms with van der Waals surface area (Å²) in [7, 11) is 0. The SMILES string of the molecule is Cc1cc(C)c(OCC(C(=N)N)C(F)(F)F)c(C)c1. The molecule has 106 valence electrons. The number of alkyl halides is 3. The molecular weight excluding hydrogens is 257 g/mol. The van der Waals surface area contributed by atoms with Crippen LogP contribution in [0.15, 0.2) is 12.1 Å². The van der Waals surface area contributed by atoms with Crippen LogP contribution >= 0.6 is 0 Å². The van der Waals surface area contributed by atoms with Crippen LogP contribution in [0.4, 0.5) is 13.2 Å². The van der Waals surface area contributed by atoms with Crippen LogP contribution in [0.5, 0.6) is 5.75 Å². The minimum absolute atomic E-state index is 0.418. The van der Waals surface area contributed by atoms with Crippen molar-refractivity contribution in [1.82, 2.24) is 0 Å². The van der Waals surface area contributed by atoms with Crippen molar-refractivity contribution in [1.29, 1.82) is 5.41 Å². The van der Waals surface area contributed by atoms with Crippen LogP contribution in [0.3, 0.4) is 0 Å². The first-order valence-corrected chi connectivity index (χ1v) is 5.74. The molecule has 6 heteroatoms. The molecule has 1 unspecified atom stereocenters. The highest BCUT2D eigenvalue weighted by Gasteiger charge is 2.42. The summed E-state index contributed by atoms with van der Waals surface area (Å²) < 4.78 is 43.1. The number of hydrogen-bond donors (Lipinski definition) is 2. The van der Waals surface area contributed by atoms with Crippen molar-refractivity contribution in [3.63, 3.8) is 0 Å². The van der Waals surface area contributed by atoms with Gasteiger partial charge in [0.15, 0.2) is 0 Å². The fourth-order valence-electron chi connectivity index (χ4n) is 1.92. The number of nitrogens with one attached hydrogen (secondary N) is 1. The second-order valence-electron chi connectivity index (χ2n) is 4.59. The van der Waals surface area contributed by atoms with E-state index in [0.29, 0.717) is 5.75 Å². The summed E-state index contributed by atoms with van der Waals surface area (Å²) in [6.45, 7) is 4.76. The summed E-state index contributed by atoms with van der Waals surface area (Å²) in [6.07, 6.45) is -4.57. The molecule has 0 radical (unpaired) electrons. The van der Waals surface area contributed by atoms with Crippen LogP contribution in [0.25, 0.3) is 0 Å². The molecule has 1 atom stereocenters. The summed E-state index contributed by atoms with van der Waals surface area (Å²) in [5.74, 6) is -2.59. The molecule has 3 nitrogen and oxygen atoms in total. The van der Waals surface area contributed by atoms with Crippen molar-refractivity contribution in [2.45, 2.75) is 26.9 Å². The van der Waals surface area contributed by atoms with Gasteiger partial charge in [0.2, 0.25) is 0 Å². The first-order chi connectivity index (χ1) is 8.62. The molecule has 0 spiro atoms. The Kier molecular flexibility index (Phi) is 4.44. The van der Waals surface area contributed by atoms with E-state index in [1.807, 2.05) is 19.1 Å². The van der Waals surface area contributed by atoms with Crippen LogP contribution in [0.1, 0.15) is 16.7 Å². The Hall–Kier alpha value is -1.72. The molecule has 1 aromatic carbocycles. The molecule has 1 rings (SSSR count). The molecular formula is C13H17F3N2O. The van der Waals surface area contributed by atoms with Crippen molar-refractivity contribution in [3.05, 3.63) is 28.8 Å². The number of benzene rings is 1. The molecule has 0 aliphatic carbocycles. The first-order valence-electron chi connectivity index (χ1n) is 5.74. The van der Waals surface area contributed by atoms with E-state index in [0.717, 1.165) is 16.7 Å². The number of ether oxygens (including phenoxy) is 1. The van der Waals surface area contributed by atoms with Gasteiger partial charge < -0.3 is 10.5 Å². The first kappa shape index (κ1) is 15.3. The Morgan fingerprint density at radius 3 is 2.11 bits per heavy atom. The molecule has 0 amide bonds. The van der Waals surface area contributed by atoms with Crippen molar-refractivity contribution < 1.29 is 17.9 Å². The second-order valence-corrected chi connectivity index (χ2v) is 4.59. The third-order valence-electron chi connectivity index (χ3n) is 2.77. The van der Waals surface area contributed by atoms with Crippen molar-refractivity contribution in [2.75, 3.05) is 6.61 Å². The highest BCUT2D eigenvalue weighted by atomic mass is 19.4. The van der Waals surface area contributed by atoms with E-state index in [4.69, 9.17) is 15.9 Å². The summed E-state index contributed by atoms with van der Waals surface area (Å²) in [5, 5.41) is 6.99. The Labute approximate surface area is 110 Å². The van der Waals surface area contributed by atoms with Crippen LogP contribution < -0.4 is 10.5 Å². The quantitative estimate of drug-likeness (QED) is 0.654. The molecule has 19 heavy (non-hydrogen) atoms. The number of amidine groups is 1. The van der Waals surface area contributed by atoms with E-state index in [9.17, 15) is 13.2 Å². The van der Waals surface area contributed by atoms with Gasteiger partial charge >= 0.3 is 6.18 Å². The van der Waals surface area contributed by atoms with Gasteiger partial charge in [0.05, 0.1) is 0 Å². The maximum absolute atomic E-state index is 12.6. The topological polar surface area (TPSA) is 59.1 Å². The van der Waals surface area contributed by atoms with Crippen molar-refractivity contribution in [3.8, 4) is 5.75 Å². The van der Waals surface area contributed by atoms with Gasteiger partial charge in [-0.1, -0.05) is 17.7 Å². The molecule has 1 aromatic rings. The Morgan fingerprint density at radius 2 is 1.74 bits per heavy atom. The van der Waals surface area contributed by atoms with Gasteiger partial charge in [-0.2, -0.15) is 13.2 Å². The number of aryl methyl sites for hydroxylation is 3. The monoisotopic (exact) mass is 274 g/mol. The van der Waals surface area contributed by atoms with Crippen LogP contribution in [0.2, 0.25) is 0 Å². The van der Waals surface area contributed by atoms with E-state index in [1.54, 1.807) is 13.8 Å². The van der Waals surface area contributed by atoms with E-state index in [1.165, 1.54) is 0 Å². The largest absolute Gasteiger partial charge is 0.492 e. The smallest absolute Gasteiger partial charge is 0.401 e. The molecule has 0 aliphatic rings. The van der Waals surface area contributed by atoms with E-state index in [2.05, 4.69) is 0 Å². The Morgan fingerprint density at radius 1 is 1.26 bits per heavy atom. The molecule has 3 N–H and O–H groups in total. The zero-order valence-electron chi connectivity index (χ0n) is 11.1. The predicted molar refractivity (Wildman–Crippen MR) is 67.6 cm³/mol. The van der Waals surface area contributed by atoms with Gasteiger partial charge in [0.25, 0.3) is 0 Å². The molecule has 0 saturated carbocycles. The number of hydrogen-bond acceptors (Lipinski definition) is 2. The lowest BCUT2D eigenvalue weighted by Gasteiger charge is -2.21.